The average molecular weight is 414 g/mol. The smallest absolute Gasteiger partial charge is 0.341 e. The van der Waals surface area contributed by atoms with Crippen molar-refractivity contribution in [2.24, 2.45) is 0 Å². The number of carbonyl (C=O) groups is 2. The van der Waals surface area contributed by atoms with Gasteiger partial charge >= 0.3 is 5.97 Å². The molecule has 5 nitrogen and oxygen atoms in total. The summed E-state index contributed by atoms with van der Waals surface area (Å²) in [6, 6.07) is 7.53. The van der Waals surface area contributed by atoms with E-state index in [4.69, 9.17) is 9.47 Å². The maximum absolute atomic E-state index is 12.6. The fraction of sp³-hybridized carbons (Fsp3) is 0.391. The van der Waals surface area contributed by atoms with E-state index < -0.39 is 0 Å². The number of benzene rings is 1. The van der Waals surface area contributed by atoms with E-state index in [1.807, 2.05) is 31.2 Å². The Morgan fingerprint density at radius 1 is 1.21 bits per heavy atom. The van der Waals surface area contributed by atoms with E-state index in [0.717, 1.165) is 36.1 Å². The molecule has 29 heavy (non-hydrogen) atoms. The van der Waals surface area contributed by atoms with Gasteiger partial charge in [0.1, 0.15) is 10.8 Å². The first-order valence-corrected chi connectivity index (χ1v) is 10.9. The zero-order valence-electron chi connectivity index (χ0n) is 17.1. The largest absolute Gasteiger partial charge is 0.494 e. The molecule has 6 heteroatoms. The van der Waals surface area contributed by atoms with E-state index in [9.17, 15) is 9.59 Å². The van der Waals surface area contributed by atoms with E-state index in [2.05, 4.69) is 12.2 Å². The summed E-state index contributed by atoms with van der Waals surface area (Å²) in [7, 11) is 0. The predicted molar refractivity (Wildman–Crippen MR) is 117 cm³/mol. The number of nitrogens with one attached hydrogen (secondary N) is 1. The van der Waals surface area contributed by atoms with Crippen LogP contribution in [0.15, 0.2) is 30.3 Å². The lowest BCUT2D eigenvalue weighted by Gasteiger charge is -2.19. The lowest BCUT2D eigenvalue weighted by molar-refractivity contribution is -0.111. The van der Waals surface area contributed by atoms with Gasteiger partial charge in [-0.15, -0.1) is 11.3 Å². The Balaban J connectivity index is 1.78. The van der Waals surface area contributed by atoms with E-state index >= 15 is 0 Å². The number of hydrogen-bond donors (Lipinski definition) is 1. The van der Waals surface area contributed by atoms with E-state index in [1.54, 1.807) is 13.0 Å². The van der Waals surface area contributed by atoms with Crippen molar-refractivity contribution in [3.05, 3.63) is 51.9 Å². The van der Waals surface area contributed by atoms with Crippen LogP contribution in [0, 0.1) is 0 Å². The average Bonchev–Trinajstić information content (AvgIpc) is 3.07. The lowest BCUT2D eigenvalue weighted by Crippen LogP contribution is -2.15. The van der Waals surface area contributed by atoms with Gasteiger partial charge in [-0.05, 0) is 68.4 Å². The second-order valence-electron chi connectivity index (χ2n) is 6.98. The number of aryl methyl sites for hydroxylation is 1. The minimum Gasteiger partial charge on any atom is -0.494 e. The molecule has 1 aliphatic rings. The molecule has 1 aromatic heterocycles. The second kappa shape index (κ2) is 9.74. The van der Waals surface area contributed by atoms with Crippen LogP contribution in [-0.2, 0) is 16.0 Å². The van der Waals surface area contributed by atoms with Crippen LogP contribution in [0.3, 0.4) is 0 Å². The summed E-state index contributed by atoms with van der Waals surface area (Å²) < 4.78 is 10.7. The third kappa shape index (κ3) is 5.07. The van der Waals surface area contributed by atoms with E-state index in [-0.39, 0.29) is 11.9 Å². The van der Waals surface area contributed by atoms with Gasteiger partial charge in [0.2, 0.25) is 5.91 Å². The van der Waals surface area contributed by atoms with Crippen molar-refractivity contribution in [1.82, 2.24) is 0 Å². The molecular formula is C23H27NO4S. The minimum atomic E-state index is -0.357. The zero-order valence-corrected chi connectivity index (χ0v) is 17.9. The van der Waals surface area contributed by atoms with Crippen LogP contribution in [0.5, 0.6) is 5.75 Å². The highest BCUT2D eigenvalue weighted by molar-refractivity contribution is 7.17. The van der Waals surface area contributed by atoms with Gasteiger partial charge in [0.15, 0.2) is 0 Å². The monoisotopic (exact) mass is 413 g/mol. The van der Waals surface area contributed by atoms with Crippen molar-refractivity contribution in [1.29, 1.82) is 0 Å². The van der Waals surface area contributed by atoms with Crippen molar-refractivity contribution in [2.75, 3.05) is 18.5 Å². The molecule has 154 valence electrons. The topological polar surface area (TPSA) is 64.6 Å². The Morgan fingerprint density at radius 2 is 1.97 bits per heavy atom. The molecule has 0 spiro atoms. The standard InChI is InChI=1S/C23H27NO4S/c1-4-27-17-12-9-16(10-13-17)11-14-19(25)24-22-21(23(26)28-5-2)20-15(3)7-6-8-18(20)29-22/h9-15H,4-8H2,1-3H3,(H,24,25)/b14-11+. The second-order valence-corrected chi connectivity index (χ2v) is 8.09. The van der Waals surface area contributed by atoms with Crippen LogP contribution in [0.1, 0.15) is 65.9 Å². The third-order valence-electron chi connectivity index (χ3n) is 4.89. The molecule has 0 aliphatic heterocycles. The molecule has 0 radical (unpaired) electrons. The molecule has 1 amide bonds. The van der Waals surface area contributed by atoms with Crippen molar-refractivity contribution in [3.63, 3.8) is 0 Å². The van der Waals surface area contributed by atoms with Gasteiger partial charge in [0.25, 0.3) is 0 Å². The van der Waals surface area contributed by atoms with Crippen molar-refractivity contribution in [2.45, 2.75) is 46.0 Å². The van der Waals surface area contributed by atoms with Gasteiger partial charge in [0.05, 0.1) is 18.8 Å². The fourth-order valence-corrected chi connectivity index (χ4v) is 4.93. The molecule has 1 unspecified atom stereocenters. The van der Waals surface area contributed by atoms with Crippen molar-refractivity contribution < 1.29 is 19.1 Å². The quantitative estimate of drug-likeness (QED) is 0.486. The van der Waals surface area contributed by atoms with Gasteiger partial charge in [-0.2, -0.15) is 0 Å². The van der Waals surface area contributed by atoms with E-state index in [0.29, 0.717) is 29.7 Å². The molecule has 2 aromatic rings. The normalized spacial score (nSPS) is 15.8. The van der Waals surface area contributed by atoms with Crippen LogP contribution in [-0.4, -0.2) is 25.1 Å². The molecule has 0 fully saturated rings. The summed E-state index contributed by atoms with van der Waals surface area (Å²) in [5.41, 5.74) is 2.47. The lowest BCUT2D eigenvalue weighted by atomic mass is 9.86. The molecule has 1 aliphatic carbocycles. The molecule has 0 saturated carbocycles. The Hall–Kier alpha value is -2.60. The van der Waals surface area contributed by atoms with E-state index in [1.165, 1.54) is 22.3 Å². The van der Waals surface area contributed by atoms with Gasteiger partial charge in [-0.1, -0.05) is 19.1 Å². The van der Waals surface area contributed by atoms with Crippen LogP contribution in [0.2, 0.25) is 0 Å². The summed E-state index contributed by atoms with van der Waals surface area (Å²) >= 11 is 1.49. The molecule has 1 heterocycles. The summed E-state index contributed by atoms with van der Waals surface area (Å²) in [5, 5.41) is 3.48. The Morgan fingerprint density at radius 3 is 2.66 bits per heavy atom. The predicted octanol–water partition coefficient (Wildman–Crippen LogP) is 5.42. The first kappa shape index (κ1) is 21.1. The molecule has 1 aromatic carbocycles. The highest BCUT2D eigenvalue weighted by Gasteiger charge is 2.30. The molecule has 0 saturated heterocycles. The summed E-state index contributed by atoms with van der Waals surface area (Å²) in [6.07, 6.45) is 6.30. The number of anilines is 1. The van der Waals surface area contributed by atoms with Crippen LogP contribution < -0.4 is 10.1 Å². The SMILES string of the molecule is CCOC(=O)c1c(NC(=O)/C=C/c2ccc(OCC)cc2)sc2c1C(C)CCC2. The first-order valence-electron chi connectivity index (χ1n) is 10.1. The third-order valence-corrected chi connectivity index (χ3v) is 6.07. The number of amides is 1. The van der Waals surface area contributed by atoms with Gasteiger partial charge in [-0.3, -0.25) is 4.79 Å². The number of fused-ring (bicyclic) bond motifs is 1. The Kier molecular flexibility index (Phi) is 7.09. The summed E-state index contributed by atoms with van der Waals surface area (Å²) in [6.45, 7) is 6.78. The molecule has 0 bridgehead atoms. The van der Waals surface area contributed by atoms with Gasteiger partial charge in [-0.25, -0.2) is 4.79 Å². The summed E-state index contributed by atoms with van der Waals surface area (Å²) in [4.78, 5) is 26.3. The number of carbonyl (C=O) groups excluding carboxylic acids is 2. The molecule has 3 rings (SSSR count). The minimum absolute atomic E-state index is 0.268. The summed E-state index contributed by atoms with van der Waals surface area (Å²) in [5.74, 6) is 0.464. The van der Waals surface area contributed by atoms with Crippen LogP contribution >= 0.6 is 11.3 Å². The number of rotatable bonds is 7. The van der Waals surface area contributed by atoms with Gasteiger partial charge in [0, 0.05) is 11.0 Å². The highest BCUT2D eigenvalue weighted by atomic mass is 32.1. The van der Waals surface area contributed by atoms with Crippen molar-refractivity contribution in [3.8, 4) is 5.75 Å². The van der Waals surface area contributed by atoms with Crippen molar-refractivity contribution >= 4 is 34.3 Å². The number of thiophene rings is 1. The highest BCUT2D eigenvalue weighted by Crippen LogP contribution is 2.43. The fourth-order valence-electron chi connectivity index (χ4n) is 3.57. The maximum Gasteiger partial charge on any atom is 0.341 e. The Bertz CT molecular complexity index is 898. The number of hydrogen-bond acceptors (Lipinski definition) is 5. The molecule has 1 N–H and O–H groups in total. The van der Waals surface area contributed by atoms with Gasteiger partial charge < -0.3 is 14.8 Å². The molecule has 1 atom stereocenters. The Labute approximate surface area is 175 Å². The first-order chi connectivity index (χ1) is 14.0. The maximum atomic E-state index is 12.6. The molecular weight excluding hydrogens is 386 g/mol. The number of esters is 1. The number of ether oxygens (including phenoxy) is 2. The zero-order chi connectivity index (χ0) is 20.8. The van der Waals surface area contributed by atoms with Crippen LogP contribution in [0.25, 0.3) is 6.08 Å². The van der Waals surface area contributed by atoms with Crippen LogP contribution in [0.4, 0.5) is 5.00 Å².